The number of methoxy groups -OCH3 is 1. The van der Waals surface area contributed by atoms with E-state index in [1.165, 1.54) is 19.2 Å². The predicted octanol–water partition coefficient (Wildman–Crippen LogP) is 3.63. The third-order valence-corrected chi connectivity index (χ3v) is 6.80. The number of nitrogens with zero attached hydrogens (tertiary/aromatic N) is 4. The summed E-state index contributed by atoms with van der Waals surface area (Å²) >= 11 is 0. The first-order chi connectivity index (χ1) is 15.9. The van der Waals surface area contributed by atoms with Crippen molar-refractivity contribution in [3.05, 3.63) is 41.3 Å². The summed E-state index contributed by atoms with van der Waals surface area (Å²) in [7, 11) is 1.41. The van der Waals surface area contributed by atoms with E-state index in [0.29, 0.717) is 30.0 Å². The minimum absolute atomic E-state index is 0.131. The first kappa shape index (κ1) is 24.1. The van der Waals surface area contributed by atoms with Crippen LogP contribution in [0.3, 0.4) is 0 Å². The van der Waals surface area contributed by atoms with Gasteiger partial charge in [-0.3, -0.25) is 19.7 Å². The molecule has 0 saturated carbocycles. The van der Waals surface area contributed by atoms with Gasteiger partial charge in [0.05, 0.1) is 25.0 Å². The van der Waals surface area contributed by atoms with E-state index < -0.39 is 5.82 Å². The fourth-order valence-electron chi connectivity index (χ4n) is 4.78. The van der Waals surface area contributed by atoms with Crippen molar-refractivity contribution in [3.63, 3.8) is 0 Å². The van der Waals surface area contributed by atoms with Gasteiger partial charge in [-0.1, -0.05) is 0 Å². The first-order valence-corrected chi connectivity index (χ1v) is 11.3. The highest BCUT2D eigenvalue weighted by atomic mass is 19.1. The Kier molecular flexibility index (Phi) is 6.12. The maximum absolute atomic E-state index is 14.7. The highest BCUT2D eigenvalue weighted by Crippen LogP contribution is 2.35. The molecule has 3 heterocycles. The minimum Gasteiger partial charge on any atom is -0.508 e. The number of carbonyl (C=O) groups excluding carboxylic acids is 1. The van der Waals surface area contributed by atoms with E-state index in [0.717, 1.165) is 29.3 Å². The molecule has 0 atom stereocenters. The first-order valence-electron chi connectivity index (χ1n) is 11.3. The largest absolute Gasteiger partial charge is 0.508 e. The molecule has 0 bridgehead atoms. The van der Waals surface area contributed by atoms with Crippen molar-refractivity contribution in [1.82, 2.24) is 25.0 Å². The number of pyridine rings is 1. The second-order valence-electron chi connectivity index (χ2n) is 10.3. The highest BCUT2D eigenvalue weighted by molar-refractivity contribution is 5.84. The van der Waals surface area contributed by atoms with E-state index in [4.69, 9.17) is 4.74 Å². The highest BCUT2D eigenvalue weighted by Gasteiger charge is 2.44. The Morgan fingerprint density at radius 3 is 2.53 bits per heavy atom. The number of esters is 1. The number of halogens is 1. The van der Waals surface area contributed by atoms with Gasteiger partial charge in [0.2, 0.25) is 0 Å². The predicted molar refractivity (Wildman–Crippen MR) is 128 cm³/mol. The van der Waals surface area contributed by atoms with Crippen LogP contribution in [0.25, 0.3) is 22.3 Å². The lowest BCUT2D eigenvalue weighted by atomic mass is 9.88. The Morgan fingerprint density at radius 1 is 1.18 bits per heavy atom. The summed E-state index contributed by atoms with van der Waals surface area (Å²) in [5, 5.41) is 17.8. The summed E-state index contributed by atoms with van der Waals surface area (Å²) in [6.45, 7) is 12.8. The van der Waals surface area contributed by atoms with Gasteiger partial charge in [-0.25, -0.2) is 9.37 Å². The normalized spacial score (nSPS) is 18.3. The summed E-state index contributed by atoms with van der Waals surface area (Å²) in [6.07, 6.45) is 0. The number of ether oxygens (including phenoxy) is 1. The minimum atomic E-state index is -0.535. The molecule has 3 aromatic rings. The molecule has 2 aromatic heterocycles. The number of aromatic nitrogens is 3. The van der Waals surface area contributed by atoms with E-state index in [9.17, 15) is 14.3 Å². The summed E-state index contributed by atoms with van der Waals surface area (Å²) < 4.78 is 19.6. The van der Waals surface area contributed by atoms with Gasteiger partial charge >= 0.3 is 5.97 Å². The van der Waals surface area contributed by atoms with Crippen LogP contribution in [-0.4, -0.2) is 73.9 Å². The average molecular weight is 470 g/mol. The van der Waals surface area contributed by atoms with Gasteiger partial charge in [0.1, 0.15) is 11.6 Å². The number of aromatic hydroxyl groups is 1. The van der Waals surface area contributed by atoms with Crippen LogP contribution in [0.15, 0.2) is 24.3 Å². The molecule has 0 unspecified atom stereocenters. The zero-order valence-electron chi connectivity index (χ0n) is 20.6. The van der Waals surface area contributed by atoms with Crippen LogP contribution in [0.5, 0.6) is 5.75 Å². The van der Waals surface area contributed by atoms with E-state index in [1.54, 1.807) is 0 Å². The van der Waals surface area contributed by atoms with Crippen molar-refractivity contribution >= 4 is 17.0 Å². The molecule has 1 aliphatic rings. The lowest BCUT2D eigenvalue weighted by molar-refractivity contribution is -0.147. The second kappa shape index (κ2) is 8.63. The molecule has 0 spiro atoms. The number of piperazine rings is 1. The number of phenolic OH excluding ortho intramolecular Hbond substituents is 1. The quantitative estimate of drug-likeness (QED) is 0.551. The van der Waals surface area contributed by atoms with Crippen molar-refractivity contribution < 1.29 is 19.0 Å². The van der Waals surface area contributed by atoms with E-state index >= 15 is 0 Å². The molecule has 9 heteroatoms. The SMILES string of the molecule is COC(=O)CN1CC(C)(C)N(Cc2cc(-c3ccc(O)cc3F)nc3[nH]nc(C)c23)CC1(C)C. The van der Waals surface area contributed by atoms with Crippen LogP contribution in [0.2, 0.25) is 0 Å². The van der Waals surface area contributed by atoms with Crippen LogP contribution in [0, 0.1) is 12.7 Å². The zero-order valence-corrected chi connectivity index (χ0v) is 20.6. The average Bonchev–Trinajstić information content (AvgIpc) is 3.12. The summed E-state index contributed by atoms with van der Waals surface area (Å²) in [5.74, 6) is -0.913. The number of H-pyrrole nitrogens is 1. The standard InChI is InChI=1S/C25H32FN5O3/c1-15-22-16(9-20(27-23(22)29-28-15)18-8-7-17(32)10-19(18)26)11-30-13-25(4,5)31(12-21(33)34-6)14-24(30,2)3/h7-10,32H,11-14H2,1-6H3,(H,27,28,29). The number of carbonyl (C=O) groups is 1. The molecule has 34 heavy (non-hydrogen) atoms. The molecule has 8 nitrogen and oxygen atoms in total. The van der Waals surface area contributed by atoms with E-state index in [-0.39, 0.29) is 29.3 Å². The third kappa shape index (κ3) is 4.50. The Hall–Kier alpha value is -3.04. The molecular weight excluding hydrogens is 437 g/mol. The molecule has 2 N–H and O–H groups in total. The van der Waals surface area contributed by atoms with Gasteiger partial charge in [-0.05, 0) is 58.4 Å². The molecule has 182 valence electrons. The number of phenols is 1. The Morgan fingerprint density at radius 2 is 1.85 bits per heavy atom. The van der Waals surface area contributed by atoms with Gasteiger partial charge in [-0.15, -0.1) is 0 Å². The maximum atomic E-state index is 14.7. The van der Waals surface area contributed by atoms with Crippen LogP contribution < -0.4 is 0 Å². The number of fused-ring (bicyclic) bond motifs is 1. The number of rotatable bonds is 5. The van der Waals surface area contributed by atoms with E-state index in [2.05, 4.69) is 52.7 Å². The van der Waals surface area contributed by atoms with Crippen molar-refractivity contribution in [2.24, 2.45) is 0 Å². The molecule has 0 radical (unpaired) electrons. The van der Waals surface area contributed by atoms with E-state index in [1.807, 2.05) is 13.0 Å². The van der Waals surface area contributed by atoms with Gasteiger partial charge in [0, 0.05) is 47.7 Å². The number of hydrogen-bond acceptors (Lipinski definition) is 7. The molecule has 0 amide bonds. The van der Waals surface area contributed by atoms with Gasteiger partial charge in [0.25, 0.3) is 0 Å². The number of aryl methyl sites for hydroxylation is 1. The smallest absolute Gasteiger partial charge is 0.319 e. The Balaban J connectivity index is 1.72. The summed E-state index contributed by atoms with van der Waals surface area (Å²) in [5.41, 5.74) is 2.72. The molecule has 1 aromatic carbocycles. The maximum Gasteiger partial charge on any atom is 0.319 e. The van der Waals surface area contributed by atoms with Gasteiger partial charge in [0.15, 0.2) is 5.65 Å². The molecule has 4 rings (SSSR count). The molecular formula is C25H32FN5O3. The second-order valence-corrected chi connectivity index (χ2v) is 10.3. The fourth-order valence-corrected chi connectivity index (χ4v) is 4.78. The summed E-state index contributed by atoms with van der Waals surface area (Å²) in [4.78, 5) is 21.1. The van der Waals surface area contributed by atoms with Crippen molar-refractivity contribution in [2.45, 2.75) is 52.2 Å². The lowest BCUT2D eigenvalue weighted by Gasteiger charge is -2.55. The molecule has 1 fully saturated rings. The molecule has 1 saturated heterocycles. The lowest BCUT2D eigenvalue weighted by Crippen LogP contribution is -2.67. The Labute approximate surface area is 198 Å². The topological polar surface area (TPSA) is 94.6 Å². The monoisotopic (exact) mass is 469 g/mol. The molecule has 1 aliphatic heterocycles. The van der Waals surface area contributed by atoms with Crippen molar-refractivity contribution in [1.29, 1.82) is 0 Å². The van der Waals surface area contributed by atoms with Crippen LogP contribution in [0.1, 0.15) is 39.0 Å². The number of aromatic amines is 1. The van der Waals surface area contributed by atoms with Crippen molar-refractivity contribution in [2.75, 3.05) is 26.7 Å². The van der Waals surface area contributed by atoms with Crippen LogP contribution in [0.4, 0.5) is 4.39 Å². The van der Waals surface area contributed by atoms with Crippen LogP contribution in [-0.2, 0) is 16.1 Å². The number of benzene rings is 1. The third-order valence-electron chi connectivity index (χ3n) is 6.80. The summed E-state index contributed by atoms with van der Waals surface area (Å²) in [6, 6.07) is 5.98. The van der Waals surface area contributed by atoms with Gasteiger partial charge in [-0.2, -0.15) is 5.10 Å². The van der Waals surface area contributed by atoms with Crippen molar-refractivity contribution in [3.8, 4) is 17.0 Å². The fraction of sp³-hybridized carbons (Fsp3) is 0.480. The number of nitrogens with one attached hydrogen (secondary N) is 1. The Bertz CT molecular complexity index is 1240. The zero-order chi connectivity index (χ0) is 24.8. The number of hydrogen-bond donors (Lipinski definition) is 2. The van der Waals surface area contributed by atoms with Crippen LogP contribution >= 0.6 is 0 Å². The molecule has 0 aliphatic carbocycles. The van der Waals surface area contributed by atoms with Gasteiger partial charge < -0.3 is 9.84 Å².